The summed E-state index contributed by atoms with van der Waals surface area (Å²) in [5.41, 5.74) is 0. The molecule has 0 radical (unpaired) electrons. The summed E-state index contributed by atoms with van der Waals surface area (Å²) in [6.07, 6.45) is 1.13. The first-order chi connectivity index (χ1) is 7.18. The van der Waals surface area contributed by atoms with E-state index in [9.17, 15) is 4.79 Å². The molecule has 2 unspecified atom stereocenters. The summed E-state index contributed by atoms with van der Waals surface area (Å²) < 4.78 is 0. The van der Waals surface area contributed by atoms with Gasteiger partial charge in [-0.2, -0.15) is 0 Å². The first-order valence-electron chi connectivity index (χ1n) is 5.89. The molecule has 1 N–H and O–H groups in total. The Morgan fingerprint density at radius 3 is 2.47 bits per heavy atom. The van der Waals surface area contributed by atoms with Crippen molar-refractivity contribution in [3.63, 3.8) is 0 Å². The van der Waals surface area contributed by atoms with Gasteiger partial charge in [0, 0.05) is 26.2 Å². The van der Waals surface area contributed by atoms with Crippen LogP contribution < -0.4 is 5.32 Å². The lowest BCUT2D eigenvalue weighted by molar-refractivity contribution is -0.135. The topological polar surface area (TPSA) is 35.6 Å². The molecule has 86 valence electrons. The predicted octanol–water partition coefficient (Wildman–Crippen LogP) is -0.242. The van der Waals surface area contributed by atoms with Gasteiger partial charge in [-0.15, -0.1) is 0 Å². The Kier molecular flexibility index (Phi) is 3.26. The lowest BCUT2D eigenvalue weighted by Crippen LogP contribution is -2.53. The Morgan fingerprint density at radius 2 is 1.93 bits per heavy atom. The third-order valence-electron chi connectivity index (χ3n) is 3.61. The maximum Gasteiger partial charge on any atom is 0.240 e. The molecule has 0 spiro atoms. The van der Waals surface area contributed by atoms with Crippen LogP contribution in [0.1, 0.15) is 13.3 Å². The van der Waals surface area contributed by atoms with Gasteiger partial charge in [0.05, 0.1) is 6.04 Å². The zero-order valence-corrected chi connectivity index (χ0v) is 9.70. The van der Waals surface area contributed by atoms with Crippen molar-refractivity contribution >= 4 is 5.91 Å². The minimum atomic E-state index is 0.0772. The van der Waals surface area contributed by atoms with Crippen LogP contribution in [-0.4, -0.2) is 61.5 Å². The molecule has 0 aromatic carbocycles. The molecule has 1 amide bonds. The van der Waals surface area contributed by atoms with Crippen LogP contribution in [0.4, 0.5) is 0 Å². The van der Waals surface area contributed by atoms with Crippen molar-refractivity contribution in [3.8, 4) is 0 Å². The molecule has 0 bridgehead atoms. The molecule has 0 aliphatic carbocycles. The predicted molar refractivity (Wildman–Crippen MR) is 59.6 cm³/mol. The Hall–Kier alpha value is -0.610. The van der Waals surface area contributed by atoms with Gasteiger partial charge in [0.1, 0.15) is 0 Å². The first kappa shape index (κ1) is 10.9. The molecule has 2 rings (SSSR count). The van der Waals surface area contributed by atoms with Crippen molar-refractivity contribution < 1.29 is 4.79 Å². The second-order valence-corrected chi connectivity index (χ2v) is 4.83. The number of carbonyl (C=O) groups is 1. The molecular weight excluding hydrogens is 190 g/mol. The van der Waals surface area contributed by atoms with Crippen molar-refractivity contribution in [1.82, 2.24) is 15.1 Å². The fraction of sp³-hybridized carbons (Fsp3) is 0.909. The molecule has 0 saturated carbocycles. The average molecular weight is 211 g/mol. The van der Waals surface area contributed by atoms with Gasteiger partial charge in [-0.3, -0.25) is 4.79 Å². The standard InChI is InChI=1S/C11H21N3O/c1-9-3-4-12-10(9)11(15)14-7-5-13(2)6-8-14/h9-10,12H,3-8H2,1-2H3. The first-order valence-corrected chi connectivity index (χ1v) is 5.89. The van der Waals surface area contributed by atoms with E-state index in [1.54, 1.807) is 0 Å². The van der Waals surface area contributed by atoms with Crippen molar-refractivity contribution in [2.24, 2.45) is 5.92 Å². The van der Waals surface area contributed by atoms with E-state index in [1.165, 1.54) is 0 Å². The minimum Gasteiger partial charge on any atom is -0.339 e. The van der Waals surface area contributed by atoms with Crippen LogP contribution in [0.5, 0.6) is 0 Å². The molecule has 2 fully saturated rings. The number of hydrogen-bond acceptors (Lipinski definition) is 3. The maximum atomic E-state index is 12.2. The summed E-state index contributed by atoms with van der Waals surface area (Å²) >= 11 is 0. The minimum absolute atomic E-state index is 0.0772. The zero-order chi connectivity index (χ0) is 10.8. The molecule has 2 heterocycles. The monoisotopic (exact) mass is 211 g/mol. The van der Waals surface area contributed by atoms with E-state index in [0.717, 1.165) is 39.1 Å². The third-order valence-corrected chi connectivity index (χ3v) is 3.61. The molecule has 2 saturated heterocycles. The summed E-state index contributed by atoms with van der Waals surface area (Å²) in [5, 5.41) is 3.31. The van der Waals surface area contributed by atoms with E-state index < -0.39 is 0 Å². The van der Waals surface area contributed by atoms with E-state index in [1.807, 2.05) is 4.90 Å². The second kappa shape index (κ2) is 4.49. The van der Waals surface area contributed by atoms with Gasteiger partial charge in [-0.05, 0) is 25.9 Å². The number of rotatable bonds is 1. The van der Waals surface area contributed by atoms with E-state index >= 15 is 0 Å². The normalized spacial score (nSPS) is 33.3. The number of amides is 1. The van der Waals surface area contributed by atoms with Crippen molar-refractivity contribution in [1.29, 1.82) is 0 Å². The fourth-order valence-corrected chi connectivity index (χ4v) is 2.39. The smallest absolute Gasteiger partial charge is 0.240 e. The SMILES string of the molecule is CC1CCNC1C(=O)N1CCN(C)CC1. The fourth-order valence-electron chi connectivity index (χ4n) is 2.39. The van der Waals surface area contributed by atoms with Crippen molar-refractivity contribution in [3.05, 3.63) is 0 Å². The lowest BCUT2D eigenvalue weighted by atomic mass is 10.0. The molecule has 0 aromatic rings. The number of nitrogens with zero attached hydrogens (tertiary/aromatic N) is 2. The molecule has 15 heavy (non-hydrogen) atoms. The largest absolute Gasteiger partial charge is 0.339 e. The summed E-state index contributed by atoms with van der Waals surface area (Å²) in [6, 6.07) is 0.0772. The Morgan fingerprint density at radius 1 is 1.27 bits per heavy atom. The molecule has 4 heteroatoms. The van der Waals surface area contributed by atoms with Crippen LogP contribution in [0.15, 0.2) is 0 Å². The highest BCUT2D eigenvalue weighted by atomic mass is 16.2. The molecular formula is C11H21N3O. The molecule has 2 aliphatic heterocycles. The molecule has 4 nitrogen and oxygen atoms in total. The van der Waals surface area contributed by atoms with E-state index in [-0.39, 0.29) is 6.04 Å². The van der Waals surface area contributed by atoms with Crippen LogP contribution in [0.2, 0.25) is 0 Å². The van der Waals surface area contributed by atoms with Gasteiger partial charge in [0.25, 0.3) is 0 Å². The number of piperazine rings is 1. The Labute approximate surface area is 91.6 Å². The van der Waals surface area contributed by atoms with Crippen LogP contribution in [-0.2, 0) is 4.79 Å². The molecule has 2 atom stereocenters. The van der Waals surface area contributed by atoms with Crippen LogP contribution in [0.3, 0.4) is 0 Å². The van der Waals surface area contributed by atoms with Crippen LogP contribution in [0.25, 0.3) is 0 Å². The molecule has 0 aromatic heterocycles. The summed E-state index contributed by atoms with van der Waals surface area (Å²) in [5.74, 6) is 0.810. The second-order valence-electron chi connectivity index (χ2n) is 4.83. The van der Waals surface area contributed by atoms with Crippen molar-refractivity contribution in [2.45, 2.75) is 19.4 Å². The number of hydrogen-bond donors (Lipinski definition) is 1. The van der Waals surface area contributed by atoms with E-state index in [4.69, 9.17) is 0 Å². The number of likely N-dealkylation sites (N-methyl/N-ethyl adjacent to an activating group) is 1. The quantitative estimate of drug-likeness (QED) is 0.650. The van der Waals surface area contributed by atoms with Gasteiger partial charge in [0.2, 0.25) is 5.91 Å². The van der Waals surface area contributed by atoms with Gasteiger partial charge in [-0.25, -0.2) is 0 Å². The summed E-state index contributed by atoms with van der Waals surface area (Å²) in [4.78, 5) is 16.4. The highest BCUT2D eigenvalue weighted by Crippen LogP contribution is 2.17. The van der Waals surface area contributed by atoms with Crippen LogP contribution >= 0.6 is 0 Å². The summed E-state index contributed by atoms with van der Waals surface area (Å²) in [6.45, 7) is 6.95. The zero-order valence-electron chi connectivity index (χ0n) is 9.70. The van der Waals surface area contributed by atoms with Gasteiger partial charge in [-0.1, -0.05) is 6.92 Å². The van der Waals surface area contributed by atoms with Gasteiger partial charge in [0.15, 0.2) is 0 Å². The van der Waals surface area contributed by atoms with E-state index in [2.05, 4.69) is 24.2 Å². The Bertz CT molecular complexity index is 236. The van der Waals surface area contributed by atoms with Gasteiger partial charge < -0.3 is 15.1 Å². The van der Waals surface area contributed by atoms with Crippen molar-refractivity contribution in [2.75, 3.05) is 39.8 Å². The Balaban J connectivity index is 1.90. The number of carbonyl (C=O) groups excluding carboxylic acids is 1. The van der Waals surface area contributed by atoms with Gasteiger partial charge >= 0.3 is 0 Å². The number of nitrogens with one attached hydrogen (secondary N) is 1. The summed E-state index contributed by atoms with van der Waals surface area (Å²) in [7, 11) is 2.11. The maximum absolute atomic E-state index is 12.2. The van der Waals surface area contributed by atoms with Crippen LogP contribution in [0, 0.1) is 5.92 Å². The average Bonchev–Trinajstić information content (AvgIpc) is 2.65. The lowest BCUT2D eigenvalue weighted by Gasteiger charge is -2.34. The van der Waals surface area contributed by atoms with E-state index in [0.29, 0.717) is 11.8 Å². The highest BCUT2D eigenvalue weighted by molar-refractivity contribution is 5.82. The highest BCUT2D eigenvalue weighted by Gasteiger charge is 2.33. The molecule has 2 aliphatic rings. The third kappa shape index (κ3) is 2.32.